The smallest absolute Gasteiger partial charge is 0.293 e. The summed E-state index contributed by atoms with van der Waals surface area (Å²) in [6, 6.07) is 4.33. The van der Waals surface area contributed by atoms with Crippen LogP contribution in [0.15, 0.2) is 24.3 Å². The number of aliphatic hydroxyl groups is 4. The third-order valence-corrected chi connectivity index (χ3v) is 5.69. The van der Waals surface area contributed by atoms with Crippen LogP contribution in [0.5, 0.6) is 0 Å². The van der Waals surface area contributed by atoms with Crippen molar-refractivity contribution in [3.63, 3.8) is 0 Å². The predicted octanol–water partition coefficient (Wildman–Crippen LogP) is -2.16. The van der Waals surface area contributed by atoms with Gasteiger partial charge in [0, 0.05) is 5.69 Å². The second-order valence-corrected chi connectivity index (χ2v) is 8.66. The second-order valence-electron chi connectivity index (χ2n) is 8.66. The zero-order valence-corrected chi connectivity index (χ0v) is 20.3. The maximum Gasteiger partial charge on any atom is 0.293 e. The van der Waals surface area contributed by atoms with Crippen LogP contribution >= 0.6 is 0 Å². The van der Waals surface area contributed by atoms with Crippen molar-refractivity contribution in [1.29, 1.82) is 0 Å². The number of aliphatic hydroxyl groups excluding tert-OH is 4. The summed E-state index contributed by atoms with van der Waals surface area (Å²) in [5, 5.41) is 47.6. The summed E-state index contributed by atoms with van der Waals surface area (Å²) >= 11 is 0. The van der Waals surface area contributed by atoms with E-state index in [4.69, 9.17) is 10.8 Å². The predicted molar refractivity (Wildman–Crippen MR) is 125 cm³/mol. The highest BCUT2D eigenvalue weighted by molar-refractivity contribution is 5.98. The molecule has 0 radical (unpaired) electrons. The first kappa shape index (κ1) is 27.9. The Bertz CT molecular complexity index is 901. The molecule has 7 N–H and O–H groups in total. The van der Waals surface area contributed by atoms with Gasteiger partial charge < -0.3 is 50.6 Å². The number of hydrogen-bond acceptors (Lipinski definition) is 11. The van der Waals surface area contributed by atoms with E-state index >= 15 is 0 Å². The van der Waals surface area contributed by atoms with Crippen LogP contribution in [-0.4, -0.2) is 102 Å². The molecule has 13 nitrogen and oxygen atoms in total. The van der Waals surface area contributed by atoms with Gasteiger partial charge in [-0.25, -0.2) is 0 Å². The third kappa shape index (κ3) is 7.93. The Morgan fingerprint density at radius 2 is 1.81 bits per heavy atom. The number of nitrogens with one attached hydrogen (secondary N) is 3. The Balaban J connectivity index is 2.13. The Morgan fingerprint density at radius 1 is 1.14 bits per heavy atom. The quantitative estimate of drug-likeness (QED) is 0.150. The van der Waals surface area contributed by atoms with Crippen LogP contribution in [0, 0.1) is 5.92 Å². The molecule has 1 aliphatic rings. The molecular formula is C23H35N3O10. The number of amides is 2. The second kappa shape index (κ2) is 14.2. The van der Waals surface area contributed by atoms with Gasteiger partial charge in [0.2, 0.25) is 11.8 Å². The fourth-order valence-electron chi connectivity index (χ4n) is 3.63. The van der Waals surface area contributed by atoms with Crippen molar-refractivity contribution >= 4 is 24.0 Å². The van der Waals surface area contributed by atoms with Crippen LogP contribution in [0.4, 0.5) is 5.69 Å². The molecule has 7 unspecified atom stereocenters. The van der Waals surface area contributed by atoms with Gasteiger partial charge in [0.1, 0.15) is 37.1 Å². The number of carbonyl (C=O) groups excluding carboxylic acids is 3. The Hall–Kier alpha value is -2.65. The maximum absolute atomic E-state index is 13.1. The van der Waals surface area contributed by atoms with Gasteiger partial charge >= 0.3 is 0 Å². The fourth-order valence-corrected chi connectivity index (χ4v) is 3.63. The van der Waals surface area contributed by atoms with Crippen LogP contribution in [-0.2, 0) is 35.2 Å². The van der Waals surface area contributed by atoms with Crippen LogP contribution in [0.25, 0.3) is 0 Å². The van der Waals surface area contributed by atoms with Gasteiger partial charge in [-0.3, -0.25) is 14.4 Å². The number of benzene rings is 1. The molecule has 1 aromatic rings. The number of rotatable bonds is 12. The number of anilines is 1. The zero-order valence-electron chi connectivity index (χ0n) is 21.3. The highest BCUT2D eigenvalue weighted by atomic mass is 16.7. The molecule has 0 aromatic heterocycles. The molecule has 1 fully saturated rings. The van der Waals surface area contributed by atoms with E-state index in [2.05, 4.69) is 20.7 Å². The molecule has 2 amide bonds. The molecule has 1 aliphatic heterocycles. The monoisotopic (exact) mass is 514 g/mol. The molecule has 2 rings (SSSR count). The molecule has 13 heteroatoms. The number of hydrogen-bond donors (Lipinski definition) is 7. The van der Waals surface area contributed by atoms with E-state index < -0.39 is 74.3 Å². The van der Waals surface area contributed by atoms with Crippen molar-refractivity contribution in [1.82, 2.24) is 10.6 Å². The average molecular weight is 515 g/mol. The van der Waals surface area contributed by atoms with Gasteiger partial charge in [-0.1, -0.05) is 26.0 Å². The third-order valence-electron chi connectivity index (χ3n) is 5.69. The minimum Gasteiger partial charge on any atom is -0.463 e. The summed E-state index contributed by atoms with van der Waals surface area (Å²) in [6.07, 6.45) is -8.78. The van der Waals surface area contributed by atoms with E-state index in [-0.39, 0.29) is 12.5 Å². The Labute approximate surface area is 210 Å². The molecule has 0 bridgehead atoms. The summed E-state index contributed by atoms with van der Waals surface area (Å²) in [5.41, 5.74) is 0.940. The molecule has 1 saturated heterocycles. The lowest BCUT2D eigenvalue weighted by atomic mass is 9.99. The van der Waals surface area contributed by atoms with E-state index in [1.807, 2.05) is 13.8 Å². The molecule has 0 spiro atoms. The van der Waals surface area contributed by atoms with Gasteiger partial charge in [0.25, 0.3) is 6.45 Å². The van der Waals surface area contributed by atoms with Crippen molar-refractivity contribution < 1.29 is 50.4 Å². The topological polar surface area (TPSA) is 196 Å². The summed E-state index contributed by atoms with van der Waals surface area (Å²) in [6.45, 7) is 2.40. The van der Waals surface area contributed by atoms with Crippen molar-refractivity contribution in [2.45, 2.75) is 63.2 Å². The molecule has 1 heterocycles. The molecule has 0 saturated carbocycles. The largest absolute Gasteiger partial charge is 0.463 e. The molecular weight excluding hydrogens is 478 g/mol. The normalized spacial score (nSPS) is 26.0. The van der Waals surface area contributed by atoms with Gasteiger partial charge in [-0.05, 0) is 30.7 Å². The van der Waals surface area contributed by atoms with E-state index in [0.717, 1.165) is 0 Å². The molecule has 36 heavy (non-hydrogen) atoms. The zero-order chi connectivity index (χ0) is 27.7. The first-order chi connectivity index (χ1) is 17.5. The minimum absolute atomic E-state index is 0.106. The Kier molecular flexibility index (Phi) is 11.0. The van der Waals surface area contributed by atoms with Gasteiger partial charge in [0.05, 0.1) is 19.3 Å². The van der Waals surface area contributed by atoms with E-state index in [1.54, 1.807) is 19.2 Å². The van der Waals surface area contributed by atoms with Gasteiger partial charge in [-0.2, -0.15) is 0 Å². The summed E-state index contributed by atoms with van der Waals surface area (Å²) < 4.78 is 22.2. The average Bonchev–Trinajstić information content (AvgIpc) is 2.85. The highest BCUT2D eigenvalue weighted by Crippen LogP contribution is 2.22. The molecule has 202 valence electrons. The lowest BCUT2D eigenvalue weighted by Gasteiger charge is -2.40. The van der Waals surface area contributed by atoms with Gasteiger partial charge in [-0.15, -0.1) is 0 Å². The SMILES string of the molecule is [2H]C(=O)OCc1ccc(NC(=O)C(COC2OC(CO)C(O)C(O)C2O)NC(=O)C(NC)C(C)C)cc1. The number of carbonyl (C=O) groups is 3. The Morgan fingerprint density at radius 3 is 2.36 bits per heavy atom. The molecule has 7 atom stereocenters. The highest BCUT2D eigenvalue weighted by Gasteiger charge is 2.44. The maximum atomic E-state index is 13.1. The van der Waals surface area contributed by atoms with Gasteiger partial charge in [0.15, 0.2) is 7.66 Å². The molecule has 1 aromatic carbocycles. The van der Waals surface area contributed by atoms with Crippen molar-refractivity contribution in [2.24, 2.45) is 5.92 Å². The minimum atomic E-state index is -1.68. The summed E-state index contributed by atoms with van der Waals surface area (Å²) in [5.74, 6) is -1.25. The fraction of sp³-hybridized carbons (Fsp3) is 0.609. The van der Waals surface area contributed by atoms with Crippen LogP contribution < -0.4 is 16.0 Å². The number of ether oxygens (including phenoxy) is 3. The van der Waals surface area contributed by atoms with Crippen molar-refractivity contribution in [3.8, 4) is 0 Å². The first-order valence-electron chi connectivity index (χ1n) is 11.9. The molecule has 0 aliphatic carbocycles. The summed E-state index contributed by atoms with van der Waals surface area (Å²) in [4.78, 5) is 36.5. The van der Waals surface area contributed by atoms with Crippen molar-refractivity contribution in [3.05, 3.63) is 29.8 Å². The van der Waals surface area contributed by atoms with Crippen LogP contribution in [0.1, 0.15) is 20.8 Å². The lowest BCUT2D eigenvalue weighted by Crippen LogP contribution is -2.60. The van der Waals surface area contributed by atoms with E-state index in [0.29, 0.717) is 11.3 Å². The standard InChI is InChI=1S/C23H35N3O10/c1-12(2)17(24-3)22(33)26-15(10-35-23-20(31)19(30)18(29)16(8-27)36-23)21(32)25-14-6-4-13(5-7-14)9-34-11-28/h4-7,11-12,15-20,23-24,27,29-31H,8-10H2,1-3H3,(H,25,32)(H,26,33)/i11D. The van der Waals surface area contributed by atoms with Crippen molar-refractivity contribution in [2.75, 3.05) is 25.6 Å². The lowest BCUT2D eigenvalue weighted by molar-refractivity contribution is -0.301. The van der Waals surface area contributed by atoms with Crippen LogP contribution in [0.3, 0.4) is 0 Å². The number of likely N-dealkylation sites (N-methyl/N-ethyl adjacent to an activating group) is 1. The van der Waals surface area contributed by atoms with Crippen LogP contribution in [0.2, 0.25) is 0 Å². The summed E-state index contributed by atoms with van der Waals surface area (Å²) in [7, 11) is 1.60. The van der Waals surface area contributed by atoms with E-state index in [1.165, 1.54) is 12.1 Å². The first-order valence-corrected chi connectivity index (χ1v) is 11.4. The van der Waals surface area contributed by atoms with E-state index in [9.17, 15) is 34.8 Å².